The zero-order valence-corrected chi connectivity index (χ0v) is 16.1. The predicted octanol–water partition coefficient (Wildman–Crippen LogP) is 3.13. The van der Waals surface area contributed by atoms with Gasteiger partial charge < -0.3 is 9.47 Å². The fourth-order valence-electron chi connectivity index (χ4n) is 4.44. The van der Waals surface area contributed by atoms with Gasteiger partial charge in [0, 0.05) is 36.8 Å². The second-order valence-corrected chi connectivity index (χ2v) is 8.30. The summed E-state index contributed by atoms with van der Waals surface area (Å²) in [6.07, 6.45) is 3.04. The number of carbonyl (C=O) groups excluding carboxylic acids is 1. The van der Waals surface area contributed by atoms with Gasteiger partial charge in [-0.15, -0.1) is 0 Å². The number of benzene rings is 1. The Morgan fingerprint density at radius 3 is 2.69 bits per heavy atom. The number of rotatable bonds is 3. The number of aryl methyl sites for hydroxylation is 1. The van der Waals surface area contributed by atoms with E-state index in [9.17, 15) is 9.59 Å². The Morgan fingerprint density at radius 1 is 1.12 bits per heavy atom. The van der Waals surface area contributed by atoms with Crippen LogP contribution < -0.4 is 5.56 Å². The Morgan fingerprint density at radius 2 is 1.92 bits per heavy atom. The Bertz CT molecular complexity index is 905. The third kappa shape index (κ3) is 2.98. The average molecular weight is 369 g/mol. The number of fused-ring (bicyclic) bond motifs is 4. The smallest absolute Gasteiger partial charge is 0.258 e. The molecule has 0 unspecified atom stereocenters. The topological polar surface area (TPSA) is 42.3 Å². The normalized spacial score (nSPS) is 21.4. The van der Waals surface area contributed by atoms with Crippen molar-refractivity contribution in [3.63, 3.8) is 0 Å². The first-order chi connectivity index (χ1) is 12.6. The molecule has 5 heteroatoms. The molecule has 26 heavy (non-hydrogen) atoms. The van der Waals surface area contributed by atoms with E-state index in [1.54, 1.807) is 11.8 Å². The highest BCUT2D eigenvalue weighted by Gasteiger charge is 2.36. The molecule has 1 fully saturated rings. The third-order valence-electron chi connectivity index (χ3n) is 5.66. The lowest BCUT2D eigenvalue weighted by molar-refractivity contribution is -0.131. The largest absolute Gasteiger partial charge is 0.341 e. The number of thioether (sulfide) groups is 1. The quantitative estimate of drug-likeness (QED) is 0.836. The van der Waals surface area contributed by atoms with Gasteiger partial charge in [0.1, 0.15) is 0 Å². The number of nitrogens with zero attached hydrogens (tertiary/aromatic N) is 2. The number of amides is 1. The molecule has 1 aromatic heterocycles. The van der Waals surface area contributed by atoms with Crippen molar-refractivity contribution in [3.05, 3.63) is 58.0 Å². The van der Waals surface area contributed by atoms with Crippen molar-refractivity contribution in [2.75, 3.05) is 25.1 Å². The maximum absolute atomic E-state index is 13.2. The van der Waals surface area contributed by atoms with Crippen LogP contribution in [0.1, 0.15) is 23.6 Å². The van der Waals surface area contributed by atoms with Crippen LogP contribution in [0.3, 0.4) is 0 Å². The first-order valence-corrected chi connectivity index (χ1v) is 10.5. The van der Waals surface area contributed by atoms with Gasteiger partial charge in [-0.25, -0.2) is 0 Å². The van der Waals surface area contributed by atoms with Gasteiger partial charge in [0.15, 0.2) is 0 Å². The summed E-state index contributed by atoms with van der Waals surface area (Å²) in [6.45, 7) is 4.27. The van der Waals surface area contributed by atoms with Gasteiger partial charge in [-0.3, -0.25) is 9.59 Å². The van der Waals surface area contributed by atoms with Gasteiger partial charge in [0.05, 0.1) is 5.75 Å². The van der Waals surface area contributed by atoms with Crippen molar-refractivity contribution in [3.8, 4) is 11.1 Å². The molecule has 0 radical (unpaired) electrons. The fraction of sp³-hybridized carbons (Fsp3) is 0.429. The van der Waals surface area contributed by atoms with E-state index in [-0.39, 0.29) is 17.4 Å². The molecular formula is C21H24N2O2S. The van der Waals surface area contributed by atoms with Gasteiger partial charge in [-0.05, 0) is 48.8 Å². The lowest BCUT2D eigenvalue weighted by Gasteiger charge is -2.43. The maximum Gasteiger partial charge on any atom is 0.258 e. The minimum Gasteiger partial charge on any atom is -0.341 e. The zero-order chi connectivity index (χ0) is 18.3. The van der Waals surface area contributed by atoms with Crippen molar-refractivity contribution < 1.29 is 4.79 Å². The van der Waals surface area contributed by atoms with Crippen molar-refractivity contribution in [2.45, 2.75) is 25.8 Å². The van der Waals surface area contributed by atoms with Crippen LogP contribution in [0.5, 0.6) is 0 Å². The minimum atomic E-state index is 0.107. The first kappa shape index (κ1) is 17.4. The highest BCUT2D eigenvalue weighted by Crippen LogP contribution is 2.36. The first-order valence-electron chi connectivity index (χ1n) is 9.15. The van der Waals surface area contributed by atoms with E-state index in [2.05, 4.69) is 6.07 Å². The van der Waals surface area contributed by atoms with Crippen molar-refractivity contribution in [1.82, 2.24) is 9.47 Å². The van der Waals surface area contributed by atoms with Crippen LogP contribution in [0.2, 0.25) is 0 Å². The molecule has 2 aliphatic heterocycles. The van der Waals surface area contributed by atoms with Gasteiger partial charge in [-0.1, -0.05) is 24.3 Å². The molecule has 136 valence electrons. The molecule has 1 amide bonds. The van der Waals surface area contributed by atoms with E-state index >= 15 is 0 Å². The van der Waals surface area contributed by atoms with Crippen LogP contribution in [0.15, 0.2) is 41.2 Å². The summed E-state index contributed by atoms with van der Waals surface area (Å²) in [5.74, 6) is 1.40. The van der Waals surface area contributed by atoms with Crippen LogP contribution in [-0.2, 0) is 11.3 Å². The zero-order valence-electron chi connectivity index (χ0n) is 15.3. The summed E-state index contributed by atoms with van der Waals surface area (Å²) >= 11 is 1.57. The van der Waals surface area contributed by atoms with Crippen molar-refractivity contribution in [1.29, 1.82) is 0 Å². The monoisotopic (exact) mass is 368 g/mol. The predicted molar refractivity (Wildman–Crippen MR) is 107 cm³/mol. The number of hydrogen-bond donors (Lipinski definition) is 0. The van der Waals surface area contributed by atoms with Crippen molar-refractivity contribution in [2.24, 2.45) is 5.92 Å². The molecule has 0 N–H and O–H groups in total. The van der Waals surface area contributed by atoms with E-state index in [4.69, 9.17) is 0 Å². The van der Waals surface area contributed by atoms with Crippen LogP contribution in [0.25, 0.3) is 11.1 Å². The van der Waals surface area contributed by atoms with E-state index in [0.717, 1.165) is 41.9 Å². The minimum absolute atomic E-state index is 0.107. The van der Waals surface area contributed by atoms with E-state index in [0.29, 0.717) is 18.2 Å². The summed E-state index contributed by atoms with van der Waals surface area (Å²) in [5.41, 5.74) is 4.11. The molecule has 1 aromatic carbocycles. The standard InChI is InChI=1S/C21H24N2O2S/c1-14-5-3-4-6-17(14)18-7-8-19-16-9-15(11-23(19)21(18)25)10-22(12-16)20(24)13-26-2/h3-8,15-16H,9-13H2,1-2H3/t15-,16+/m0/s1. The number of hydrogen-bond acceptors (Lipinski definition) is 3. The molecule has 0 saturated carbocycles. The summed E-state index contributed by atoms with van der Waals surface area (Å²) in [5, 5.41) is 0. The molecule has 4 rings (SSSR count). The molecule has 2 bridgehead atoms. The number of carbonyl (C=O) groups is 1. The summed E-state index contributed by atoms with van der Waals surface area (Å²) in [4.78, 5) is 27.5. The van der Waals surface area contributed by atoms with Gasteiger partial charge in [0.25, 0.3) is 5.56 Å². The molecule has 2 aliphatic rings. The molecule has 0 aliphatic carbocycles. The van der Waals surface area contributed by atoms with E-state index in [1.807, 2.05) is 53.0 Å². The lowest BCUT2D eigenvalue weighted by Crippen LogP contribution is -2.49. The van der Waals surface area contributed by atoms with Crippen LogP contribution in [0, 0.1) is 12.8 Å². The Kier molecular flexibility index (Phi) is 4.65. The van der Waals surface area contributed by atoms with E-state index in [1.165, 1.54) is 0 Å². The molecular weight excluding hydrogens is 344 g/mol. The number of likely N-dealkylation sites (tertiary alicyclic amines) is 1. The van der Waals surface area contributed by atoms with Crippen molar-refractivity contribution >= 4 is 17.7 Å². The average Bonchev–Trinajstić information content (AvgIpc) is 2.63. The molecule has 3 heterocycles. The van der Waals surface area contributed by atoms with Crippen LogP contribution >= 0.6 is 11.8 Å². The van der Waals surface area contributed by atoms with Crippen LogP contribution in [0.4, 0.5) is 0 Å². The molecule has 1 saturated heterocycles. The maximum atomic E-state index is 13.2. The fourth-order valence-corrected chi connectivity index (χ4v) is 4.87. The highest BCUT2D eigenvalue weighted by molar-refractivity contribution is 7.99. The summed E-state index contributed by atoms with van der Waals surface area (Å²) < 4.78 is 1.97. The van der Waals surface area contributed by atoms with Gasteiger partial charge >= 0.3 is 0 Å². The molecule has 2 aromatic rings. The Hall–Kier alpha value is -2.01. The van der Waals surface area contributed by atoms with Gasteiger partial charge in [-0.2, -0.15) is 11.8 Å². The van der Waals surface area contributed by atoms with Crippen LogP contribution in [-0.4, -0.2) is 40.5 Å². The number of pyridine rings is 1. The lowest BCUT2D eigenvalue weighted by atomic mass is 9.82. The SMILES string of the molecule is CSCC(=O)N1C[C@@H]2C[C@H](C1)c1ccc(-c3ccccc3C)c(=O)n1C2. The summed E-state index contributed by atoms with van der Waals surface area (Å²) in [6, 6.07) is 12.1. The summed E-state index contributed by atoms with van der Waals surface area (Å²) in [7, 11) is 0. The molecule has 2 atom stereocenters. The molecule has 4 nitrogen and oxygen atoms in total. The third-order valence-corrected chi connectivity index (χ3v) is 6.20. The number of piperidine rings is 1. The second kappa shape index (κ2) is 6.95. The number of aromatic nitrogens is 1. The second-order valence-electron chi connectivity index (χ2n) is 7.43. The van der Waals surface area contributed by atoms with E-state index < -0.39 is 0 Å². The van der Waals surface area contributed by atoms with Gasteiger partial charge in [0.2, 0.25) is 5.91 Å². The Labute approximate surface area is 158 Å². The Balaban J connectivity index is 1.70. The highest BCUT2D eigenvalue weighted by atomic mass is 32.2. The molecule has 0 spiro atoms.